The van der Waals surface area contributed by atoms with Gasteiger partial charge >= 0.3 is 5.97 Å². The van der Waals surface area contributed by atoms with E-state index in [-0.39, 0.29) is 11.9 Å². The summed E-state index contributed by atoms with van der Waals surface area (Å²) in [6.07, 6.45) is 6.65. The number of aliphatic carboxylic acids is 1. The Morgan fingerprint density at radius 2 is 2.04 bits per heavy atom. The summed E-state index contributed by atoms with van der Waals surface area (Å²) >= 11 is 0. The van der Waals surface area contributed by atoms with E-state index < -0.39 is 11.9 Å². The van der Waals surface area contributed by atoms with Crippen molar-refractivity contribution < 1.29 is 14.7 Å². The van der Waals surface area contributed by atoms with Crippen molar-refractivity contribution in [3.05, 3.63) is 48.3 Å². The Kier molecular flexibility index (Phi) is 4.41. The van der Waals surface area contributed by atoms with Gasteiger partial charge in [-0.25, -0.2) is 4.68 Å². The van der Waals surface area contributed by atoms with Gasteiger partial charge in [0.05, 0.1) is 11.6 Å². The Bertz CT molecular complexity index is 697. The second kappa shape index (κ2) is 6.64. The maximum atomic E-state index is 12.5. The minimum absolute atomic E-state index is 0.239. The van der Waals surface area contributed by atoms with Gasteiger partial charge in [-0.05, 0) is 37.1 Å². The third kappa shape index (κ3) is 3.41. The molecule has 1 aliphatic carbocycles. The summed E-state index contributed by atoms with van der Waals surface area (Å²) in [5, 5.41) is 16.3. The molecule has 2 N–H and O–H groups in total. The number of hydrogen-bond donors (Lipinski definition) is 2. The highest BCUT2D eigenvalue weighted by Crippen LogP contribution is 2.25. The first-order valence-corrected chi connectivity index (χ1v) is 7.79. The van der Waals surface area contributed by atoms with Crippen LogP contribution >= 0.6 is 0 Å². The monoisotopic (exact) mass is 313 g/mol. The quantitative estimate of drug-likeness (QED) is 0.906. The molecule has 0 bridgehead atoms. The molecule has 0 spiro atoms. The highest BCUT2D eigenvalue weighted by molar-refractivity contribution is 5.95. The fourth-order valence-corrected chi connectivity index (χ4v) is 3.06. The molecule has 0 saturated heterocycles. The Balaban J connectivity index is 1.75. The summed E-state index contributed by atoms with van der Waals surface area (Å²) < 4.78 is 1.68. The highest BCUT2D eigenvalue weighted by atomic mass is 16.4. The molecule has 0 radical (unpaired) electrons. The molecule has 1 heterocycles. The lowest BCUT2D eigenvalue weighted by Crippen LogP contribution is -2.45. The normalized spacial score (nSPS) is 20.9. The van der Waals surface area contributed by atoms with E-state index in [9.17, 15) is 14.7 Å². The van der Waals surface area contributed by atoms with Crippen LogP contribution in [0.4, 0.5) is 0 Å². The molecule has 6 nitrogen and oxygen atoms in total. The van der Waals surface area contributed by atoms with Gasteiger partial charge < -0.3 is 10.4 Å². The van der Waals surface area contributed by atoms with Gasteiger partial charge in [0.1, 0.15) is 0 Å². The van der Waals surface area contributed by atoms with Crippen LogP contribution in [0.25, 0.3) is 5.69 Å². The molecule has 1 fully saturated rings. The van der Waals surface area contributed by atoms with Gasteiger partial charge in [0.15, 0.2) is 0 Å². The summed E-state index contributed by atoms with van der Waals surface area (Å²) in [5.41, 5.74) is 1.30. The van der Waals surface area contributed by atoms with E-state index in [4.69, 9.17) is 0 Å². The number of rotatable bonds is 4. The molecule has 2 aromatic rings. The van der Waals surface area contributed by atoms with E-state index in [1.807, 2.05) is 12.1 Å². The van der Waals surface area contributed by atoms with Gasteiger partial charge in [-0.1, -0.05) is 18.9 Å². The number of hydrogen-bond acceptors (Lipinski definition) is 3. The lowest BCUT2D eigenvalue weighted by Gasteiger charge is -2.29. The molecule has 1 amide bonds. The number of carbonyl (C=O) groups is 2. The maximum absolute atomic E-state index is 12.5. The van der Waals surface area contributed by atoms with Gasteiger partial charge in [0, 0.05) is 24.0 Å². The van der Waals surface area contributed by atoms with Crippen LogP contribution in [0.15, 0.2) is 42.7 Å². The molecular formula is C17H19N3O3. The van der Waals surface area contributed by atoms with Crippen molar-refractivity contribution in [3.63, 3.8) is 0 Å². The first kappa shape index (κ1) is 15.3. The van der Waals surface area contributed by atoms with Crippen LogP contribution in [-0.4, -0.2) is 32.8 Å². The lowest BCUT2D eigenvalue weighted by atomic mass is 9.84. The molecular weight excluding hydrogens is 294 g/mol. The second-order valence-corrected chi connectivity index (χ2v) is 5.81. The zero-order valence-electron chi connectivity index (χ0n) is 12.7. The molecule has 1 aromatic heterocycles. The summed E-state index contributed by atoms with van der Waals surface area (Å²) in [5.74, 6) is -1.57. The number of carboxylic acid groups (broad SMARTS) is 1. The molecule has 0 unspecified atom stereocenters. The highest BCUT2D eigenvalue weighted by Gasteiger charge is 2.31. The molecule has 6 heteroatoms. The predicted molar refractivity (Wildman–Crippen MR) is 84.4 cm³/mol. The largest absolute Gasteiger partial charge is 0.481 e. The van der Waals surface area contributed by atoms with Crippen molar-refractivity contribution in [2.24, 2.45) is 5.92 Å². The van der Waals surface area contributed by atoms with Crippen molar-refractivity contribution in [2.75, 3.05) is 0 Å². The Hall–Kier alpha value is -2.63. The fourth-order valence-electron chi connectivity index (χ4n) is 3.06. The Morgan fingerprint density at radius 3 is 2.78 bits per heavy atom. The maximum Gasteiger partial charge on any atom is 0.308 e. The van der Waals surface area contributed by atoms with Crippen molar-refractivity contribution in [2.45, 2.75) is 31.7 Å². The molecule has 1 aromatic carbocycles. The fraction of sp³-hybridized carbons (Fsp3) is 0.353. The van der Waals surface area contributed by atoms with Crippen LogP contribution in [0.5, 0.6) is 0 Å². The van der Waals surface area contributed by atoms with Gasteiger partial charge in [-0.15, -0.1) is 0 Å². The van der Waals surface area contributed by atoms with E-state index in [1.165, 1.54) is 0 Å². The van der Waals surface area contributed by atoms with E-state index in [1.54, 1.807) is 35.3 Å². The van der Waals surface area contributed by atoms with E-state index in [2.05, 4.69) is 10.4 Å². The predicted octanol–water partition coefficient (Wildman–Crippen LogP) is 2.25. The average Bonchev–Trinajstić information content (AvgIpc) is 3.10. The number of carboxylic acids is 1. The molecule has 1 aliphatic rings. The minimum Gasteiger partial charge on any atom is -0.481 e. The first-order valence-electron chi connectivity index (χ1n) is 7.79. The molecule has 2 atom stereocenters. The summed E-state index contributed by atoms with van der Waals surface area (Å²) in [6, 6.07) is 8.64. The zero-order valence-corrected chi connectivity index (χ0v) is 12.7. The van der Waals surface area contributed by atoms with Crippen LogP contribution in [0.3, 0.4) is 0 Å². The molecule has 1 saturated carbocycles. The van der Waals surface area contributed by atoms with Gasteiger partial charge in [-0.3, -0.25) is 9.59 Å². The number of nitrogens with one attached hydrogen (secondary N) is 1. The Morgan fingerprint density at radius 1 is 1.22 bits per heavy atom. The van der Waals surface area contributed by atoms with E-state index in [0.717, 1.165) is 18.5 Å². The SMILES string of the molecule is O=C(N[C@H]1CCCC[C@H]1C(=O)O)c1cccc(-n2cccn2)c1. The molecule has 23 heavy (non-hydrogen) atoms. The van der Waals surface area contributed by atoms with Crippen LogP contribution in [0, 0.1) is 5.92 Å². The zero-order chi connectivity index (χ0) is 16.2. The van der Waals surface area contributed by atoms with E-state index >= 15 is 0 Å². The van der Waals surface area contributed by atoms with Crippen LogP contribution in [0.1, 0.15) is 36.0 Å². The number of amides is 1. The van der Waals surface area contributed by atoms with Gasteiger partial charge in [-0.2, -0.15) is 5.10 Å². The summed E-state index contributed by atoms with van der Waals surface area (Å²) in [4.78, 5) is 23.8. The second-order valence-electron chi connectivity index (χ2n) is 5.81. The standard InChI is InChI=1S/C17H19N3O3/c21-16(19-15-8-2-1-7-14(15)17(22)23)12-5-3-6-13(11-12)20-10-4-9-18-20/h3-6,9-11,14-15H,1-2,7-8H2,(H,19,21)(H,22,23)/t14-,15+/m1/s1. The number of aromatic nitrogens is 2. The minimum atomic E-state index is -0.833. The molecule has 0 aliphatic heterocycles. The topological polar surface area (TPSA) is 84.2 Å². The van der Waals surface area contributed by atoms with Crippen molar-refractivity contribution >= 4 is 11.9 Å². The smallest absolute Gasteiger partial charge is 0.308 e. The van der Waals surface area contributed by atoms with Crippen molar-refractivity contribution in [1.82, 2.24) is 15.1 Å². The summed E-state index contributed by atoms with van der Waals surface area (Å²) in [7, 11) is 0. The van der Waals surface area contributed by atoms with Crippen LogP contribution in [-0.2, 0) is 4.79 Å². The molecule has 120 valence electrons. The first-order chi connectivity index (χ1) is 11.1. The third-order valence-electron chi connectivity index (χ3n) is 4.28. The van der Waals surface area contributed by atoms with Gasteiger partial charge in [0.25, 0.3) is 5.91 Å². The average molecular weight is 313 g/mol. The number of benzene rings is 1. The number of nitrogens with zero attached hydrogens (tertiary/aromatic N) is 2. The third-order valence-corrected chi connectivity index (χ3v) is 4.28. The van der Waals surface area contributed by atoms with Gasteiger partial charge in [0.2, 0.25) is 0 Å². The molecule has 3 rings (SSSR count). The summed E-state index contributed by atoms with van der Waals surface area (Å²) in [6.45, 7) is 0. The number of carbonyl (C=O) groups excluding carboxylic acids is 1. The van der Waals surface area contributed by atoms with E-state index in [0.29, 0.717) is 18.4 Å². The van der Waals surface area contributed by atoms with Crippen LogP contribution < -0.4 is 5.32 Å². The van der Waals surface area contributed by atoms with Crippen molar-refractivity contribution in [1.29, 1.82) is 0 Å². The lowest BCUT2D eigenvalue weighted by molar-refractivity contribution is -0.143. The van der Waals surface area contributed by atoms with Crippen LogP contribution in [0.2, 0.25) is 0 Å². The Labute approximate surface area is 134 Å². The van der Waals surface area contributed by atoms with Crippen molar-refractivity contribution in [3.8, 4) is 5.69 Å².